The molecule has 0 bridgehead atoms. The van der Waals surface area contributed by atoms with Crippen molar-refractivity contribution in [2.75, 3.05) is 13.7 Å². The van der Waals surface area contributed by atoms with E-state index in [0.29, 0.717) is 12.1 Å². The van der Waals surface area contributed by atoms with Crippen LogP contribution in [0.3, 0.4) is 0 Å². The summed E-state index contributed by atoms with van der Waals surface area (Å²) in [4.78, 5) is 0. The van der Waals surface area contributed by atoms with Gasteiger partial charge in [0.05, 0.1) is 34.6 Å². The minimum absolute atomic E-state index is 0.00713. The maximum Gasteiger partial charge on any atom is 0.173 e. The van der Waals surface area contributed by atoms with Crippen LogP contribution in [0.25, 0.3) is 11.3 Å². The second-order valence-corrected chi connectivity index (χ2v) is 10.4. The third-order valence-corrected chi connectivity index (χ3v) is 7.91. The molecule has 36 heavy (non-hydrogen) atoms. The van der Waals surface area contributed by atoms with Crippen molar-refractivity contribution in [1.29, 1.82) is 0 Å². The van der Waals surface area contributed by atoms with E-state index in [9.17, 15) is 19.0 Å². The Hall–Kier alpha value is -2.32. The van der Waals surface area contributed by atoms with Gasteiger partial charge in [0, 0.05) is 25.3 Å². The van der Waals surface area contributed by atoms with Gasteiger partial charge < -0.3 is 19.7 Å². The van der Waals surface area contributed by atoms with E-state index in [1.807, 2.05) is 10.9 Å². The van der Waals surface area contributed by atoms with Gasteiger partial charge in [-0.1, -0.05) is 10.4 Å². The fraction of sp³-hybridized carbons (Fsp3) is 0.565. The number of halogens is 3. The highest BCUT2D eigenvalue weighted by molar-refractivity contribution is 9.10. The Kier molecular flexibility index (Phi) is 6.94. The molecule has 5 atom stereocenters. The average Bonchev–Trinajstić information content (AvgIpc) is 3.52. The van der Waals surface area contributed by atoms with Crippen LogP contribution < -0.4 is 0 Å². The van der Waals surface area contributed by atoms with Crippen LogP contribution in [0.4, 0.5) is 8.78 Å². The van der Waals surface area contributed by atoms with E-state index < -0.39 is 48.7 Å². The van der Waals surface area contributed by atoms with Crippen LogP contribution in [-0.2, 0) is 21.4 Å². The summed E-state index contributed by atoms with van der Waals surface area (Å²) in [6, 6.07) is 1.94. The summed E-state index contributed by atoms with van der Waals surface area (Å²) in [6.07, 6.45) is 3.39. The topological polar surface area (TPSA) is 120 Å². The lowest BCUT2D eigenvalue weighted by atomic mass is 9.79. The first kappa shape index (κ1) is 25.3. The number of methoxy groups -OCH3 is 1. The molecule has 0 unspecified atom stereocenters. The van der Waals surface area contributed by atoms with Crippen LogP contribution >= 0.6 is 15.9 Å². The zero-order valence-electron chi connectivity index (χ0n) is 19.8. The van der Waals surface area contributed by atoms with Gasteiger partial charge in [0.15, 0.2) is 11.6 Å². The Morgan fingerprint density at radius 2 is 1.94 bits per heavy atom. The second kappa shape index (κ2) is 9.86. The third kappa shape index (κ3) is 4.36. The quantitative estimate of drug-likeness (QED) is 0.417. The van der Waals surface area contributed by atoms with Crippen molar-refractivity contribution in [2.24, 2.45) is 0 Å². The normalized spacial score (nSPS) is 27.7. The molecule has 5 rings (SSSR count). The molecule has 3 aromatic rings. The number of ether oxygens (including phenoxy) is 2. The van der Waals surface area contributed by atoms with E-state index in [2.05, 4.69) is 43.5 Å². The van der Waals surface area contributed by atoms with Crippen LogP contribution in [0, 0.1) is 11.6 Å². The van der Waals surface area contributed by atoms with Crippen molar-refractivity contribution in [3.05, 3.63) is 46.3 Å². The highest BCUT2D eigenvalue weighted by Crippen LogP contribution is 2.38. The van der Waals surface area contributed by atoms with Gasteiger partial charge in [0.1, 0.15) is 30.0 Å². The number of nitrogens with zero attached hydrogens (tertiary/aromatic N) is 6. The second-order valence-electron chi connectivity index (χ2n) is 9.59. The Labute approximate surface area is 214 Å². The first-order valence-electron chi connectivity index (χ1n) is 11.7. The van der Waals surface area contributed by atoms with E-state index >= 15 is 0 Å². The first-order chi connectivity index (χ1) is 17.3. The van der Waals surface area contributed by atoms with Crippen molar-refractivity contribution in [3.8, 4) is 11.3 Å². The minimum Gasteiger partial charge on any atom is -0.394 e. The molecule has 0 radical (unpaired) electrons. The number of aliphatic hydroxyl groups is 2. The molecule has 3 heterocycles. The number of rotatable bonds is 7. The predicted octanol–water partition coefficient (Wildman–Crippen LogP) is 2.40. The zero-order chi connectivity index (χ0) is 25.6. The van der Waals surface area contributed by atoms with Crippen LogP contribution in [0.5, 0.6) is 0 Å². The van der Waals surface area contributed by atoms with E-state index in [0.717, 1.165) is 19.3 Å². The maximum absolute atomic E-state index is 14.5. The van der Waals surface area contributed by atoms with Crippen LogP contribution in [0.15, 0.2) is 29.0 Å². The van der Waals surface area contributed by atoms with Gasteiger partial charge in [-0.15, -0.1) is 10.2 Å². The maximum atomic E-state index is 14.5. The number of benzene rings is 1. The number of aliphatic hydroxyl groups excluding tert-OH is 2. The number of hydrogen-bond acceptors (Lipinski definition) is 8. The molecule has 1 saturated heterocycles. The van der Waals surface area contributed by atoms with E-state index in [-0.39, 0.29) is 21.3 Å². The molecule has 2 fully saturated rings. The van der Waals surface area contributed by atoms with Gasteiger partial charge in [0.2, 0.25) is 0 Å². The molecule has 194 valence electrons. The molecule has 2 N–H and O–H groups in total. The van der Waals surface area contributed by atoms with Crippen molar-refractivity contribution in [2.45, 2.75) is 68.6 Å². The van der Waals surface area contributed by atoms with Crippen LogP contribution in [-0.4, -0.2) is 78.3 Å². The largest absolute Gasteiger partial charge is 0.394 e. The van der Waals surface area contributed by atoms with Gasteiger partial charge in [-0.3, -0.25) is 0 Å². The fourth-order valence-electron chi connectivity index (χ4n) is 4.98. The van der Waals surface area contributed by atoms with E-state index in [1.54, 1.807) is 0 Å². The zero-order valence-corrected chi connectivity index (χ0v) is 21.3. The highest BCUT2D eigenvalue weighted by atomic mass is 79.9. The molecule has 0 amide bonds. The molecule has 1 aromatic carbocycles. The molecule has 2 aliphatic rings. The Morgan fingerprint density at radius 1 is 1.17 bits per heavy atom. The number of hydrogen-bond donors (Lipinski definition) is 2. The summed E-state index contributed by atoms with van der Waals surface area (Å²) >= 11 is 2.96. The average molecular weight is 569 g/mol. The summed E-state index contributed by atoms with van der Waals surface area (Å²) < 4.78 is 43.6. The summed E-state index contributed by atoms with van der Waals surface area (Å²) in [5.74, 6) is -2.10. The molecule has 0 spiro atoms. The van der Waals surface area contributed by atoms with Gasteiger partial charge in [-0.05, 0) is 54.2 Å². The SMILES string of the molecule is CO[C@@H]1[C@@H](n2cc(-c3ccc(Br)c(F)c3F)nn2)[C@@H](O)[C@@H](CO)O[C@@H]1Cc1cn(C2(C)CCC2)nn1. The molecule has 1 aliphatic heterocycles. The molecule has 13 heteroatoms. The lowest BCUT2D eigenvalue weighted by Crippen LogP contribution is -2.57. The summed E-state index contributed by atoms with van der Waals surface area (Å²) in [5, 5.41) is 37.6. The van der Waals surface area contributed by atoms with Crippen molar-refractivity contribution >= 4 is 15.9 Å². The van der Waals surface area contributed by atoms with Crippen molar-refractivity contribution < 1.29 is 28.5 Å². The molecule has 10 nitrogen and oxygen atoms in total. The predicted molar refractivity (Wildman–Crippen MR) is 126 cm³/mol. The van der Waals surface area contributed by atoms with Gasteiger partial charge in [-0.25, -0.2) is 18.1 Å². The van der Waals surface area contributed by atoms with E-state index in [1.165, 1.54) is 30.1 Å². The summed E-state index contributed by atoms with van der Waals surface area (Å²) in [5.41, 5.74) is 0.661. The summed E-state index contributed by atoms with van der Waals surface area (Å²) in [7, 11) is 1.48. The molecule has 1 aliphatic carbocycles. The Bertz CT molecular complexity index is 1240. The molecule has 1 saturated carbocycles. The van der Waals surface area contributed by atoms with Crippen molar-refractivity contribution in [3.63, 3.8) is 0 Å². The summed E-state index contributed by atoms with van der Waals surface area (Å²) in [6.45, 7) is 1.70. The van der Waals surface area contributed by atoms with E-state index in [4.69, 9.17) is 9.47 Å². The molecule has 2 aromatic heterocycles. The lowest BCUT2D eigenvalue weighted by molar-refractivity contribution is -0.212. The Balaban J connectivity index is 1.43. The highest BCUT2D eigenvalue weighted by Gasteiger charge is 2.47. The van der Waals surface area contributed by atoms with Gasteiger partial charge >= 0.3 is 0 Å². The third-order valence-electron chi connectivity index (χ3n) is 7.30. The molecular formula is C23H27BrF2N6O4. The van der Waals surface area contributed by atoms with Gasteiger partial charge in [0.25, 0.3) is 0 Å². The standard InChI is InChI=1S/C23H27BrF2N6O4/c1-23(6-3-7-23)32-9-12(27-30-32)8-16-22(35-2)20(21(34)17(11-33)36-16)31-10-15(28-29-31)13-4-5-14(24)19(26)18(13)25/h4-5,9-10,16-17,20-22,33-34H,3,6-8,11H2,1-2H3/t16-,17-,20+,21+,22+/m1/s1. The Morgan fingerprint density at radius 3 is 2.61 bits per heavy atom. The monoisotopic (exact) mass is 568 g/mol. The smallest absolute Gasteiger partial charge is 0.173 e. The minimum atomic E-state index is -1.21. The fourth-order valence-corrected chi connectivity index (χ4v) is 5.29. The van der Waals surface area contributed by atoms with Gasteiger partial charge in [-0.2, -0.15) is 0 Å². The van der Waals surface area contributed by atoms with Crippen LogP contribution in [0.1, 0.15) is 37.9 Å². The lowest BCUT2D eigenvalue weighted by Gasteiger charge is -2.43. The van der Waals surface area contributed by atoms with Crippen molar-refractivity contribution in [1.82, 2.24) is 30.0 Å². The first-order valence-corrected chi connectivity index (χ1v) is 12.5. The molecular weight excluding hydrogens is 542 g/mol. The number of aromatic nitrogens is 6. The van der Waals surface area contributed by atoms with Crippen LogP contribution in [0.2, 0.25) is 0 Å².